The highest BCUT2D eigenvalue weighted by atomic mass is 16.4. The van der Waals surface area contributed by atoms with Gasteiger partial charge in [-0.1, -0.05) is 60.7 Å². The summed E-state index contributed by atoms with van der Waals surface area (Å²) in [6.45, 7) is 0. The van der Waals surface area contributed by atoms with Crippen molar-refractivity contribution in [2.24, 2.45) is 0 Å². The molecule has 2 aromatic heterocycles. The Morgan fingerprint density at radius 2 is 1.25 bits per heavy atom. The Balaban J connectivity index is 1.70. The van der Waals surface area contributed by atoms with Crippen molar-refractivity contribution in [1.82, 2.24) is 0 Å². The molecule has 2 heterocycles. The van der Waals surface area contributed by atoms with Crippen LogP contribution in [0, 0.1) is 0 Å². The maximum atomic E-state index is 12.2. The second kappa shape index (κ2) is 5.57. The summed E-state index contributed by atoms with van der Waals surface area (Å²) in [6, 6.07) is 27.7. The Bertz CT molecular complexity index is 1580. The molecular weight excluding hydrogens is 348 g/mol. The molecule has 3 nitrogen and oxygen atoms in total. The zero-order valence-corrected chi connectivity index (χ0v) is 14.8. The second-order valence-electron chi connectivity index (χ2n) is 6.93. The summed E-state index contributed by atoms with van der Waals surface area (Å²) < 4.78 is 11.7. The molecule has 0 aliphatic carbocycles. The lowest BCUT2D eigenvalue weighted by Crippen LogP contribution is -1.99. The Labute approximate surface area is 159 Å². The van der Waals surface area contributed by atoms with Crippen molar-refractivity contribution < 1.29 is 8.83 Å². The Hall–Kier alpha value is -3.85. The summed E-state index contributed by atoms with van der Waals surface area (Å²) in [4.78, 5) is 12.2. The van der Waals surface area contributed by atoms with E-state index in [1.807, 2.05) is 54.6 Å². The fourth-order valence-corrected chi connectivity index (χ4v) is 4.02. The van der Waals surface area contributed by atoms with E-state index in [0.29, 0.717) is 11.0 Å². The SMILES string of the molecule is O=c1oc2ccc(-c3cccc4c3oc3ccccc34)cc2c2ccccc12. The van der Waals surface area contributed by atoms with Crippen LogP contribution < -0.4 is 5.63 Å². The highest BCUT2D eigenvalue weighted by Gasteiger charge is 2.13. The summed E-state index contributed by atoms with van der Waals surface area (Å²) in [5.41, 5.74) is 4.06. The molecule has 0 spiro atoms. The van der Waals surface area contributed by atoms with Crippen LogP contribution in [0.5, 0.6) is 0 Å². The molecule has 4 aromatic carbocycles. The number of hydrogen-bond donors (Lipinski definition) is 0. The van der Waals surface area contributed by atoms with Crippen LogP contribution in [0.2, 0.25) is 0 Å². The molecule has 0 aliphatic rings. The number of fused-ring (bicyclic) bond motifs is 6. The first-order valence-corrected chi connectivity index (χ1v) is 9.16. The molecule has 132 valence electrons. The van der Waals surface area contributed by atoms with Gasteiger partial charge in [0.25, 0.3) is 0 Å². The van der Waals surface area contributed by atoms with Crippen LogP contribution in [0.4, 0.5) is 0 Å². The van der Waals surface area contributed by atoms with Gasteiger partial charge in [0.1, 0.15) is 16.7 Å². The predicted molar refractivity (Wildman–Crippen MR) is 113 cm³/mol. The van der Waals surface area contributed by atoms with Crippen LogP contribution in [0.15, 0.2) is 98.6 Å². The molecule has 6 aromatic rings. The standard InChI is InChI=1S/C25H14O3/c26-25-20-8-2-1-6-17(20)21-14-15(12-13-23(21)28-25)16-9-5-10-19-18-7-3-4-11-22(18)27-24(16)19/h1-14H. The Morgan fingerprint density at radius 3 is 2.14 bits per heavy atom. The average molecular weight is 362 g/mol. The lowest BCUT2D eigenvalue weighted by atomic mass is 9.99. The predicted octanol–water partition coefficient (Wildman–Crippen LogP) is 6.51. The fourth-order valence-electron chi connectivity index (χ4n) is 4.02. The molecule has 6 rings (SSSR count). The quantitative estimate of drug-likeness (QED) is 0.247. The highest BCUT2D eigenvalue weighted by molar-refractivity contribution is 6.11. The topological polar surface area (TPSA) is 43.4 Å². The average Bonchev–Trinajstić information content (AvgIpc) is 3.13. The van der Waals surface area contributed by atoms with Crippen LogP contribution in [-0.4, -0.2) is 0 Å². The van der Waals surface area contributed by atoms with Crippen LogP contribution in [-0.2, 0) is 0 Å². The van der Waals surface area contributed by atoms with Crippen molar-refractivity contribution in [3.8, 4) is 11.1 Å². The van der Waals surface area contributed by atoms with E-state index in [2.05, 4.69) is 24.3 Å². The van der Waals surface area contributed by atoms with Gasteiger partial charge in [0.05, 0.1) is 5.39 Å². The van der Waals surface area contributed by atoms with E-state index < -0.39 is 0 Å². The van der Waals surface area contributed by atoms with Gasteiger partial charge in [0, 0.05) is 21.7 Å². The summed E-state index contributed by atoms with van der Waals surface area (Å²) in [7, 11) is 0. The van der Waals surface area contributed by atoms with Gasteiger partial charge in [0.15, 0.2) is 0 Å². The minimum Gasteiger partial charge on any atom is -0.455 e. The van der Waals surface area contributed by atoms with Gasteiger partial charge in [-0.15, -0.1) is 0 Å². The van der Waals surface area contributed by atoms with E-state index in [1.54, 1.807) is 6.07 Å². The first-order chi connectivity index (χ1) is 13.8. The second-order valence-corrected chi connectivity index (χ2v) is 6.93. The van der Waals surface area contributed by atoms with Crippen molar-refractivity contribution in [2.75, 3.05) is 0 Å². The number of benzene rings is 4. The Kier molecular flexibility index (Phi) is 3.03. The van der Waals surface area contributed by atoms with Gasteiger partial charge in [-0.05, 0) is 35.2 Å². The van der Waals surface area contributed by atoms with E-state index in [4.69, 9.17) is 8.83 Å². The number of furan rings is 1. The van der Waals surface area contributed by atoms with Crippen molar-refractivity contribution in [3.05, 3.63) is 95.3 Å². The van der Waals surface area contributed by atoms with Gasteiger partial charge < -0.3 is 8.83 Å². The molecule has 0 fully saturated rings. The van der Waals surface area contributed by atoms with Crippen LogP contribution in [0.1, 0.15) is 0 Å². The third kappa shape index (κ3) is 2.07. The largest absolute Gasteiger partial charge is 0.455 e. The molecular formula is C25H14O3. The van der Waals surface area contributed by atoms with Crippen LogP contribution >= 0.6 is 0 Å². The van der Waals surface area contributed by atoms with E-state index in [0.717, 1.165) is 43.8 Å². The third-order valence-corrected chi connectivity index (χ3v) is 5.33. The first-order valence-electron chi connectivity index (χ1n) is 9.16. The summed E-state index contributed by atoms with van der Waals surface area (Å²) >= 11 is 0. The minimum absolute atomic E-state index is 0.310. The van der Waals surface area contributed by atoms with Crippen LogP contribution in [0.25, 0.3) is 54.8 Å². The van der Waals surface area contributed by atoms with E-state index in [1.165, 1.54) is 0 Å². The smallest absolute Gasteiger partial charge is 0.344 e. The fraction of sp³-hybridized carbons (Fsp3) is 0. The van der Waals surface area contributed by atoms with Gasteiger partial charge in [-0.25, -0.2) is 4.79 Å². The highest BCUT2D eigenvalue weighted by Crippen LogP contribution is 2.37. The number of para-hydroxylation sites is 2. The molecule has 28 heavy (non-hydrogen) atoms. The number of rotatable bonds is 1. The normalized spacial score (nSPS) is 11.7. The van der Waals surface area contributed by atoms with Gasteiger partial charge in [-0.2, -0.15) is 0 Å². The maximum absolute atomic E-state index is 12.2. The molecule has 0 atom stereocenters. The summed E-state index contributed by atoms with van der Waals surface area (Å²) in [6.07, 6.45) is 0. The third-order valence-electron chi connectivity index (χ3n) is 5.33. The zero-order chi connectivity index (χ0) is 18.7. The van der Waals surface area contributed by atoms with E-state index in [-0.39, 0.29) is 5.63 Å². The molecule has 0 radical (unpaired) electrons. The maximum Gasteiger partial charge on any atom is 0.344 e. The first kappa shape index (κ1) is 15.2. The summed E-state index contributed by atoms with van der Waals surface area (Å²) in [5.74, 6) is 0. The van der Waals surface area contributed by atoms with E-state index in [9.17, 15) is 4.79 Å². The van der Waals surface area contributed by atoms with Crippen molar-refractivity contribution in [2.45, 2.75) is 0 Å². The lowest BCUT2D eigenvalue weighted by Gasteiger charge is -2.07. The van der Waals surface area contributed by atoms with Crippen LogP contribution in [0.3, 0.4) is 0 Å². The molecule has 0 bridgehead atoms. The number of hydrogen-bond acceptors (Lipinski definition) is 3. The Morgan fingerprint density at radius 1 is 0.536 bits per heavy atom. The molecule has 0 unspecified atom stereocenters. The molecule has 0 aliphatic heterocycles. The molecule has 0 N–H and O–H groups in total. The minimum atomic E-state index is -0.310. The van der Waals surface area contributed by atoms with Crippen molar-refractivity contribution >= 4 is 43.7 Å². The van der Waals surface area contributed by atoms with E-state index >= 15 is 0 Å². The van der Waals surface area contributed by atoms with Gasteiger partial charge in [-0.3, -0.25) is 0 Å². The molecule has 3 heteroatoms. The van der Waals surface area contributed by atoms with Gasteiger partial charge in [0.2, 0.25) is 0 Å². The summed E-state index contributed by atoms with van der Waals surface area (Å²) in [5, 5.41) is 4.61. The van der Waals surface area contributed by atoms with Gasteiger partial charge >= 0.3 is 5.63 Å². The van der Waals surface area contributed by atoms with Crippen molar-refractivity contribution in [1.29, 1.82) is 0 Å². The van der Waals surface area contributed by atoms with Crippen molar-refractivity contribution in [3.63, 3.8) is 0 Å². The molecule has 0 saturated heterocycles. The monoisotopic (exact) mass is 362 g/mol. The lowest BCUT2D eigenvalue weighted by molar-refractivity contribution is 0.569. The molecule has 0 saturated carbocycles. The zero-order valence-electron chi connectivity index (χ0n) is 14.8. The molecule has 0 amide bonds.